The first-order valence-corrected chi connectivity index (χ1v) is 6.20. The molecule has 2 rings (SSSR count). The summed E-state index contributed by atoms with van der Waals surface area (Å²) in [5.74, 6) is -0.854. The Kier molecular flexibility index (Phi) is 3.73. The van der Waals surface area contributed by atoms with E-state index in [1.807, 2.05) is 25.1 Å². The highest BCUT2D eigenvalue weighted by Crippen LogP contribution is 2.26. The number of rotatable bonds is 3. The van der Waals surface area contributed by atoms with E-state index in [9.17, 15) is 4.79 Å². The molecule has 0 aliphatic heterocycles. The largest absolute Gasteiger partial charge is 0.481 e. The smallest absolute Gasteiger partial charge is 0.303 e. The maximum atomic E-state index is 10.6. The van der Waals surface area contributed by atoms with Gasteiger partial charge in [-0.05, 0) is 42.7 Å². The number of carboxylic acid groups (broad SMARTS) is 1. The number of nitrogens with zero attached hydrogens (tertiary/aromatic N) is 1. The van der Waals surface area contributed by atoms with Crippen LogP contribution in [-0.4, -0.2) is 16.1 Å². The molecule has 0 radical (unpaired) electrons. The molecule has 0 aliphatic carbocycles. The van der Waals surface area contributed by atoms with Gasteiger partial charge in [0.25, 0.3) is 0 Å². The molecule has 0 unspecified atom stereocenters. The molecule has 0 spiro atoms. The summed E-state index contributed by atoms with van der Waals surface area (Å²) >= 11 is 12.1. The molecule has 3 nitrogen and oxygen atoms in total. The quantitative estimate of drug-likeness (QED) is 0.870. The van der Waals surface area contributed by atoms with Crippen LogP contribution in [0.2, 0.25) is 10.2 Å². The zero-order chi connectivity index (χ0) is 13.3. The van der Waals surface area contributed by atoms with E-state index in [1.54, 1.807) is 0 Å². The summed E-state index contributed by atoms with van der Waals surface area (Å²) in [7, 11) is 0. The topological polar surface area (TPSA) is 50.2 Å². The van der Waals surface area contributed by atoms with Crippen LogP contribution in [0, 0.1) is 6.92 Å². The Morgan fingerprint density at radius 1 is 1.33 bits per heavy atom. The zero-order valence-corrected chi connectivity index (χ0v) is 11.2. The number of hydrogen-bond donors (Lipinski definition) is 1. The minimum Gasteiger partial charge on any atom is -0.481 e. The number of aliphatic carboxylic acids is 1. The van der Waals surface area contributed by atoms with E-state index in [4.69, 9.17) is 28.3 Å². The van der Waals surface area contributed by atoms with Gasteiger partial charge in [-0.2, -0.15) is 0 Å². The van der Waals surface area contributed by atoms with Gasteiger partial charge in [0.15, 0.2) is 0 Å². The van der Waals surface area contributed by atoms with Gasteiger partial charge in [-0.15, -0.1) is 0 Å². The van der Waals surface area contributed by atoms with Crippen molar-refractivity contribution in [2.45, 2.75) is 19.8 Å². The third-order valence-corrected chi connectivity index (χ3v) is 3.46. The third kappa shape index (κ3) is 2.74. The minimum atomic E-state index is -0.854. The summed E-state index contributed by atoms with van der Waals surface area (Å²) < 4.78 is 0. The van der Waals surface area contributed by atoms with Crippen molar-refractivity contribution in [3.63, 3.8) is 0 Å². The highest BCUT2D eigenvalue weighted by molar-refractivity contribution is 6.32. The van der Waals surface area contributed by atoms with Gasteiger partial charge < -0.3 is 5.11 Å². The molecule has 18 heavy (non-hydrogen) atoms. The fourth-order valence-electron chi connectivity index (χ4n) is 1.74. The van der Waals surface area contributed by atoms with Crippen LogP contribution in [0.3, 0.4) is 0 Å². The van der Waals surface area contributed by atoms with E-state index in [2.05, 4.69) is 4.98 Å². The van der Waals surface area contributed by atoms with Crippen molar-refractivity contribution in [2.75, 3.05) is 0 Å². The fourth-order valence-corrected chi connectivity index (χ4v) is 2.15. The lowest BCUT2D eigenvalue weighted by Crippen LogP contribution is -1.99. The Morgan fingerprint density at radius 2 is 2.06 bits per heavy atom. The van der Waals surface area contributed by atoms with Crippen LogP contribution in [0.25, 0.3) is 10.9 Å². The standard InChI is InChI=1S/C13H11Cl2NO2/c1-7-4-11-9(6-10(7)14)5-8(13(15)16-11)2-3-12(17)18/h4-6H,2-3H2,1H3,(H,17,18). The van der Waals surface area contributed by atoms with Crippen molar-refractivity contribution >= 4 is 40.1 Å². The summed E-state index contributed by atoms with van der Waals surface area (Å²) in [5, 5.41) is 10.6. The Labute approximate surface area is 114 Å². The molecule has 1 heterocycles. The molecule has 0 amide bonds. The van der Waals surface area contributed by atoms with Gasteiger partial charge in [-0.3, -0.25) is 4.79 Å². The van der Waals surface area contributed by atoms with Crippen LogP contribution in [0.1, 0.15) is 17.5 Å². The van der Waals surface area contributed by atoms with Gasteiger partial charge >= 0.3 is 5.97 Å². The first-order chi connectivity index (χ1) is 8.47. The number of pyridine rings is 1. The van der Waals surface area contributed by atoms with Crippen molar-refractivity contribution in [1.82, 2.24) is 4.98 Å². The molecule has 1 aromatic carbocycles. The lowest BCUT2D eigenvalue weighted by Gasteiger charge is -2.06. The number of hydrogen-bond acceptors (Lipinski definition) is 2. The molecular weight excluding hydrogens is 273 g/mol. The lowest BCUT2D eigenvalue weighted by atomic mass is 10.1. The van der Waals surface area contributed by atoms with E-state index in [1.165, 1.54) is 0 Å². The van der Waals surface area contributed by atoms with Crippen molar-refractivity contribution < 1.29 is 9.90 Å². The molecule has 1 N–H and O–H groups in total. The molecule has 0 aliphatic rings. The molecule has 0 atom stereocenters. The summed E-state index contributed by atoms with van der Waals surface area (Å²) in [5.41, 5.74) is 2.43. The summed E-state index contributed by atoms with van der Waals surface area (Å²) in [6.45, 7) is 1.90. The Balaban J connectivity index is 2.47. The number of aryl methyl sites for hydroxylation is 2. The van der Waals surface area contributed by atoms with Gasteiger partial charge in [0.2, 0.25) is 0 Å². The van der Waals surface area contributed by atoms with Gasteiger partial charge in [0.1, 0.15) is 5.15 Å². The van der Waals surface area contributed by atoms with Gasteiger partial charge in [-0.1, -0.05) is 23.2 Å². The average molecular weight is 284 g/mol. The first-order valence-electron chi connectivity index (χ1n) is 5.44. The second kappa shape index (κ2) is 5.12. The van der Waals surface area contributed by atoms with Crippen molar-refractivity contribution in [3.8, 4) is 0 Å². The second-order valence-corrected chi connectivity index (χ2v) is 4.89. The lowest BCUT2D eigenvalue weighted by molar-refractivity contribution is -0.136. The normalized spacial score (nSPS) is 10.8. The Bertz CT molecular complexity index is 626. The molecule has 0 saturated heterocycles. The zero-order valence-electron chi connectivity index (χ0n) is 9.70. The molecular formula is C13H11Cl2NO2. The minimum absolute atomic E-state index is 0.0342. The van der Waals surface area contributed by atoms with Crippen LogP contribution in [-0.2, 0) is 11.2 Å². The summed E-state index contributed by atoms with van der Waals surface area (Å²) in [6, 6.07) is 5.53. The monoisotopic (exact) mass is 283 g/mol. The number of benzene rings is 1. The predicted octanol–water partition coefficient (Wildman–Crippen LogP) is 3.87. The highest BCUT2D eigenvalue weighted by Gasteiger charge is 2.08. The molecule has 1 aromatic heterocycles. The van der Waals surface area contributed by atoms with E-state index in [0.29, 0.717) is 16.6 Å². The van der Waals surface area contributed by atoms with E-state index in [0.717, 1.165) is 22.0 Å². The van der Waals surface area contributed by atoms with Crippen LogP contribution >= 0.6 is 23.2 Å². The van der Waals surface area contributed by atoms with Crippen LogP contribution in [0.5, 0.6) is 0 Å². The van der Waals surface area contributed by atoms with Crippen LogP contribution in [0.15, 0.2) is 18.2 Å². The molecule has 2 aromatic rings. The third-order valence-electron chi connectivity index (χ3n) is 2.73. The number of aromatic nitrogens is 1. The van der Waals surface area contributed by atoms with Crippen molar-refractivity contribution in [3.05, 3.63) is 39.5 Å². The van der Waals surface area contributed by atoms with Crippen LogP contribution < -0.4 is 0 Å². The van der Waals surface area contributed by atoms with E-state index < -0.39 is 5.97 Å². The number of halogens is 2. The maximum Gasteiger partial charge on any atom is 0.303 e. The van der Waals surface area contributed by atoms with Crippen molar-refractivity contribution in [2.24, 2.45) is 0 Å². The fraction of sp³-hybridized carbons (Fsp3) is 0.231. The van der Waals surface area contributed by atoms with Crippen molar-refractivity contribution in [1.29, 1.82) is 0 Å². The Morgan fingerprint density at radius 3 is 2.72 bits per heavy atom. The van der Waals surface area contributed by atoms with Gasteiger partial charge in [-0.25, -0.2) is 4.98 Å². The molecule has 94 valence electrons. The number of carbonyl (C=O) groups is 1. The Hall–Kier alpha value is -1.32. The molecule has 0 fully saturated rings. The summed E-state index contributed by atoms with van der Waals surface area (Å²) in [4.78, 5) is 14.8. The second-order valence-electron chi connectivity index (χ2n) is 4.13. The number of carboxylic acids is 1. The SMILES string of the molecule is Cc1cc2nc(Cl)c(CCC(=O)O)cc2cc1Cl. The maximum absolute atomic E-state index is 10.6. The van der Waals surface area contributed by atoms with E-state index in [-0.39, 0.29) is 6.42 Å². The predicted molar refractivity (Wildman–Crippen MR) is 72.5 cm³/mol. The molecule has 5 heteroatoms. The number of fused-ring (bicyclic) bond motifs is 1. The molecule has 0 bridgehead atoms. The van der Waals surface area contributed by atoms with E-state index >= 15 is 0 Å². The average Bonchev–Trinajstić information content (AvgIpc) is 2.29. The first kappa shape index (κ1) is 13.1. The molecule has 0 saturated carbocycles. The van der Waals surface area contributed by atoms with Gasteiger partial charge in [0, 0.05) is 16.8 Å². The van der Waals surface area contributed by atoms with Crippen LogP contribution in [0.4, 0.5) is 0 Å². The van der Waals surface area contributed by atoms with Gasteiger partial charge in [0.05, 0.1) is 5.52 Å². The summed E-state index contributed by atoms with van der Waals surface area (Å²) in [6.07, 6.45) is 0.398. The highest BCUT2D eigenvalue weighted by atomic mass is 35.5.